The van der Waals surface area contributed by atoms with E-state index in [0.29, 0.717) is 16.6 Å². The zero-order chi connectivity index (χ0) is 24.1. The summed E-state index contributed by atoms with van der Waals surface area (Å²) in [4.78, 5) is 36.2. The highest BCUT2D eigenvalue weighted by molar-refractivity contribution is 9.10. The monoisotopic (exact) mass is 551 g/mol. The Kier molecular flexibility index (Phi) is 8.11. The Morgan fingerprint density at radius 3 is 2.55 bits per heavy atom. The fourth-order valence-electron chi connectivity index (χ4n) is 2.89. The number of nitrogens with zero attached hydrogens (tertiary/aromatic N) is 3. The number of aromatic nitrogens is 2. The van der Waals surface area contributed by atoms with E-state index in [-0.39, 0.29) is 22.2 Å². The summed E-state index contributed by atoms with van der Waals surface area (Å²) in [7, 11) is 0. The summed E-state index contributed by atoms with van der Waals surface area (Å²) in [6, 6.07) is 10.3. The Balaban J connectivity index is 1.76. The Bertz CT molecular complexity index is 1190. The smallest absolute Gasteiger partial charge is 0.288 e. The SMILES string of the molecule is CC[C@@H](C)[C@@H](NC(=O)c1ccc(Cl)c([N+](=O)[O-])c1)C(=O)Nc1nnc(-c2ccc(Br)cc2)s1. The second kappa shape index (κ2) is 10.8. The quantitative estimate of drug-likeness (QED) is 0.288. The molecule has 1 heterocycles. The first-order valence-corrected chi connectivity index (χ1v) is 11.8. The van der Waals surface area contributed by atoms with Crippen molar-refractivity contribution >= 4 is 61.5 Å². The molecule has 0 aliphatic rings. The molecule has 2 aromatic carbocycles. The molecule has 3 rings (SSSR count). The van der Waals surface area contributed by atoms with Crippen LogP contribution in [0.2, 0.25) is 5.02 Å². The van der Waals surface area contributed by atoms with Crippen molar-refractivity contribution in [3.05, 3.63) is 67.6 Å². The number of rotatable bonds is 8. The molecule has 0 bridgehead atoms. The zero-order valence-electron chi connectivity index (χ0n) is 17.5. The maximum atomic E-state index is 13.0. The number of nitro benzene ring substituents is 1. The number of hydrogen-bond acceptors (Lipinski definition) is 7. The average Bonchev–Trinajstić information content (AvgIpc) is 3.25. The van der Waals surface area contributed by atoms with E-state index in [0.717, 1.165) is 16.1 Å². The summed E-state index contributed by atoms with van der Waals surface area (Å²) in [5, 5.41) is 25.5. The van der Waals surface area contributed by atoms with Crippen LogP contribution >= 0.6 is 38.9 Å². The Morgan fingerprint density at radius 1 is 1.21 bits per heavy atom. The maximum absolute atomic E-state index is 13.0. The van der Waals surface area contributed by atoms with Gasteiger partial charge in [-0.25, -0.2) is 0 Å². The normalized spacial score (nSPS) is 12.6. The molecule has 0 unspecified atom stereocenters. The van der Waals surface area contributed by atoms with Gasteiger partial charge in [-0.1, -0.05) is 71.3 Å². The summed E-state index contributed by atoms with van der Waals surface area (Å²) >= 11 is 10.4. The first kappa shape index (κ1) is 24.7. The van der Waals surface area contributed by atoms with E-state index in [4.69, 9.17) is 11.6 Å². The lowest BCUT2D eigenvalue weighted by Gasteiger charge is -2.23. The highest BCUT2D eigenvalue weighted by Gasteiger charge is 2.28. The molecule has 0 fully saturated rings. The van der Waals surface area contributed by atoms with Gasteiger partial charge in [0.05, 0.1) is 4.92 Å². The fourth-order valence-corrected chi connectivity index (χ4v) is 4.09. The molecule has 2 amide bonds. The van der Waals surface area contributed by atoms with Gasteiger partial charge in [0.2, 0.25) is 11.0 Å². The van der Waals surface area contributed by atoms with E-state index in [2.05, 4.69) is 36.8 Å². The van der Waals surface area contributed by atoms with Gasteiger partial charge >= 0.3 is 0 Å². The van der Waals surface area contributed by atoms with Crippen LogP contribution in [-0.2, 0) is 4.79 Å². The van der Waals surface area contributed by atoms with Crippen LogP contribution in [0, 0.1) is 16.0 Å². The van der Waals surface area contributed by atoms with Gasteiger partial charge in [0.1, 0.15) is 16.1 Å². The van der Waals surface area contributed by atoms with E-state index in [1.54, 1.807) is 0 Å². The minimum Gasteiger partial charge on any atom is -0.340 e. The van der Waals surface area contributed by atoms with Gasteiger partial charge in [-0.2, -0.15) is 0 Å². The minimum atomic E-state index is -0.891. The van der Waals surface area contributed by atoms with Crippen LogP contribution in [0.1, 0.15) is 30.6 Å². The van der Waals surface area contributed by atoms with Crippen molar-refractivity contribution in [2.24, 2.45) is 5.92 Å². The van der Waals surface area contributed by atoms with E-state index in [1.165, 1.54) is 23.5 Å². The Labute approximate surface area is 206 Å². The summed E-state index contributed by atoms with van der Waals surface area (Å²) in [5.41, 5.74) is 0.496. The van der Waals surface area contributed by atoms with E-state index >= 15 is 0 Å². The summed E-state index contributed by atoms with van der Waals surface area (Å²) < 4.78 is 0.933. The lowest BCUT2D eigenvalue weighted by molar-refractivity contribution is -0.384. The van der Waals surface area contributed by atoms with Crippen LogP contribution in [0.4, 0.5) is 10.8 Å². The minimum absolute atomic E-state index is 0.0284. The molecule has 0 saturated carbocycles. The molecule has 0 aliphatic heterocycles. The molecular weight excluding hydrogens is 534 g/mol. The molecule has 0 aliphatic carbocycles. The number of nitrogens with one attached hydrogen (secondary N) is 2. The Hall–Kier alpha value is -2.89. The maximum Gasteiger partial charge on any atom is 0.288 e. The molecule has 1 aromatic heterocycles. The first-order chi connectivity index (χ1) is 15.7. The summed E-state index contributed by atoms with van der Waals surface area (Å²) in [5.74, 6) is -1.29. The zero-order valence-corrected chi connectivity index (χ0v) is 20.7. The molecular formula is C21H19BrClN5O4S. The predicted octanol–water partition coefficient (Wildman–Crippen LogP) is 5.31. The topological polar surface area (TPSA) is 127 Å². The second-order valence-corrected chi connectivity index (χ2v) is 9.47. The number of benzene rings is 2. The number of carbonyl (C=O) groups excluding carboxylic acids is 2. The number of nitro groups is 1. The third kappa shape index (κ3) is 6.12. The van der Waals surface area contributed by atoms with Gasteiger partial charge in [0.25, 0.3) is 11.6 Å². The van der Waals surface area contributed by atoms with Crippen molar-refractivity contribution in [2.75, 3.05) is 5.32 Å². The fraction of sp³-hybridized carbons (Fsp3) is 0.238. The molecule has 12 heteroatoms. The largest absolute Gasteiger partial charge is 0.340 e. The number of halogens is 2. The second-order valence-electron chi connectivity index (χ2n) is 7.17. The van der Waals surface area contributed by atoms with E-state index in [1.807, 2.05) is 38.1 Å². The molecule has 0 spiro atoms. The molecule has 33 heavy (non-hydrogen) atoms. The van der Waals surface area contributed by atoms with Crippen LogP contribution in [0.3, 0.4) is 0 Å². The van der Waals surface area contributed by atoms with Crippen LogP contribution in [0.5, 0.6) is 0 Å². The summed E-state index contributed by atoms with van der Waals surface area (Å²) in [6.45, 7) is 3.71. The van der Waals surface area contributed by atoms with Crippen LogP contribution in [0.15, 0.2) is 46.9 Å². The number of amides is 2. The van der Waals surface area contributed by atoms with Crippen LogP contribution in [0.25, 0.3) is 10.6 Å². The highest BCUT2D eigenvalue weighted by atomic mass is 79.9. The van der Waals surface area contributed by atoms with Gasteiger partial charge in [-0.15, -0.1) is 10.2 Å². The van der Waals surface area contributed by atoms with E-state index < -0.39 is 22.8 Å². The van der Waals surface area contributed by atoms with Crippen molar-refractivity contribution in [2.45, 2.75) is 26.3 Å². The van der Waals surface area contributed by atoms with E-state index in [9.17, 15) is 19.7 Å². The standard InChI is InChI=1S/C21H19BrClN5O4S/c1-3-11(2)17(24-18(29)13-6-9-15(23)16(10-13)28(31)32)19(30)25-21-27-26-20(33-21)12-4-7-14(22)8-5-12/h4-11,17H,3H2,1-2H3,(H,24,29)(H,25,27,30)/t11-,17-/m1/s1. The van der Waals surface area contributed by atoms with Gasteiger partial charge in [-0.05, 0) is 30.2 Å². The van der Waals surface area contributed by atoms with Crippen molar-refractivity contribution < 1.29 is 14.5 Å². The summed E-state index contributed by atoms with van der Waals surface area (Å²) in [6.07, 6.45) is 0.611. The third-order valence-electron chi connectivity index (χ3n) is 4.93. The van der Waals surface area contributed by atoms with Gasteiger partial charge < -0.3 is 5.32 Å². The van der Waals surface area contributed by atoms with Crippen LogP contribution < -0.4 is 10.6 Å². The third-order valence-corrected chi connectivity index (χ3v) is 6.67. The predicted molar refractivity (Wildman–Crippen MR) is 130 cm³/mol. The number of anilines is 1. The number of carbonyl (C=O) groups is 2. The van der Waals surface area contributed by atoms with Gasteiger partial charge in [0, 0.05) is 21.7 Å². The molecule has 0 radical (unpaired) electrons. The van der Waals surface area contributed by atoms with Gasteiger partial charge in [-0.3, -0.25) is 25.0 Å². The average molecular weight is 553 g/mol. The van der Waals surface area contributed by atoms with Gasteiger partial charge in [0.15, 0.2) is 0 Å². The molecule has 2 atom stereocenters. The van der Waals surface area contributed by atoms with Crippen molar-refractivity contribution in [3.8, 4) is 10.6 Å². The highest BCUT2D eigenvalue weighted by Crippen LogP contribution is 2.28. The number of hydrogen-bond donors (Lipinski definition) is 2. The van der Waals surface area contributed by atoms with Crippen molar-refractivity contribution in [1.82, 2.24) is 15.5 Å². The molecule has 9 nitrogen and oxygen atoms in total. The van der Waals surface area contributed by atoms with Crippen molar-refractivity contribution in [3.63, 3.8) is 0 Å². The lowest BCUT2D eigenvalue weighted by atomic mass is 9.98. The first-order valence-electron chi connectivity index (χ1n) is 9.84. The van der Waals surface area contributed by atoms with Crippen LogP contribution in [-0.4, -0.2) is 33.0 Å². The van der Waals surface area contributed by atoms with Crippen molar-refractivity contribution in [1.29, 1.82) is 0 Å². The molecule has 172 valence electrons. The lowest BCUT2D eigenvalue weighted by Crippen LogP contribution is -2.47. The molecule has 2 N–H and O–H groups in total. The molecule has 3 aromatic rings. The molecule has 0 saturated heterocycles. The Morgan fingerprint density at radius 2 is 1.91 bits per heavy atom.